The molecule has 32 heavy (non-hydrogen) atoms. The van der Waals surface area contributed by atoms with E-state index in [1.54, 1.807) is 13.3 Å². The minimum absolute atomic E-state index is 0. The normalized spacial score (nSPS) is 11.1. The molecule has 0 radical (unpaired) electrons. The molecule has 0 bridgehead atoms. The van der Waals surface area contributed by atoms with Crippen molar-refractivity contribution in [2.45, 2.75) is 26.6 Å². The second kappa shape index (κ2) is 14.6. The summed E-state index contributed by atoms with van der Waals surface area (Å²) in [6, 6.07) is 18.1. The third-order valence-corrected chi connectivity index (χ3v) is 4.53. The first kappa shape index (κ1) is 25.8. The lowest BCUT2D eigenvalue weighted by Crippen LogP contribution is -2.36. The number of nitrogens with zero attached hydrogens (tertiary/aromatic N) is 2. The number of aliphatic imine (C=N–C) groups is 1. The van der Waals surface area contributed by atoms with Crippen LogP contribution in [0.1, 0.15) is 23.7 Å². The fourth-order valence-corrected chi connectivity index (χ4v) is 2.96. The lowest BCUT2D eigenvalue weighted by Gasteiger charge is -2.12. The molecule has 8 heteroatoms. The first-order chi connectivity index (χ1) is 15.3. The van der Waals surface area contributed by atoms with E-state index in [2.05, 4.69) is 38.8 Å². The maximum Gasteiger partial charge on any atom is 0.226 e. The van der Waals surface area contributed by atoms with E-state index >= 15 is 0 Å². The van der Waals surface area contributed by atoms with Crippen molar-refractivity contribution in [3.63, 3.8) is 0 Å². The Morgan fingerprint density at radius 2 is 1.72 bits per heavy atom. The van der Waals surface area contributed by atoms with Crippen molar-refractivity contribution >= 4 is 29.9 Å². The highest BCUT2D eigenvalue weighted by Gasteiger charge is 2.07. The Balaban J connectivity index is 0.00000363. The lowest BCUT2D eigenvalue weighted by molar-refractivity contribution is 0.0453. The Morgan fingerprint density at radius 1 is 0.969 bits per heavy atom. The number of benzene rings is 2. The van der Waals surface area contributed by atoms with Gasteiger partial charge in [-0.05, 0) is 30.2 Å². The fourth-order valence-electron chi connectivity index (χ4n) is 2.96. The number of hydrogen-bond donors (Lipinski definition) is 2. The number of nitrogens with one attached hydrogen (secondary N) is 2. The summed E-state index contributed by atoms with van der Waals surface area (Å²) >= 11 is 0. The predicted molar refractivity (Wildman–Crippen MR) is 137 cm³/mol. The van der Waals surface area contributed by atoms with E-state index in [0.717, 1.165) is 22.4 Å². The number of ether oxygens (including phenoxy) is 2. The van der Waals surface area contributed by atoms with Crippen LogP contribution in [0.4, 0.5) is 0 Å². The zero-order valence-corrected chi connectivity index (χ0v) is 20.9. The summed E-state index contributed by atoms with van der Waals surface area (Å²) in [7, 11) is 1.75. The van der Waals surface area contributed by atoms with Crippen LogP contribution < -0.4 is 10.6 Å². The van der Waals surface area contributed by atoms with Gasteiger partial charge in [0.05, 0.1) is 32.1 Å². The standard InChI is InChI=1S/C24H30N4O3.HI/c1-3-29-12-13-30-17-20-9-7-8-19(14-20)15-26-24(25-2)27-16-22-18-31-23(28-22)21-10-5-4-6-11-21;/h4-11,14,18H,3,12-13,15-17H2,1-2H3,(H2,25,26,27);1H. The molecule has 2 N–H and O–H groups in total. The predicted octanol–water partition coefficient (Wildman–Crippen LogP) is 4.38. The second-order valence-corrected chi connectivity index (χ2v) is 6.86. The van der Waals surface area contributed by atoms with E-state index in [1.165, 1.54) is 0 Å². The van der Waals surface area contributed by atoms with Crippen molar-refractivity contribution in [2.75, 3.05) is 26.9 Å². The van der Waals surface area contributed by atoms with Gasteiger partial charge in [-0.25, -0.2) is 4.98 Å². The zero-order valence-electron chi connectivity index (χ0n) is 18.5. The molecule has 0 saturated carbocycles. The van der Waals surface area contributed by atoms with Crippen LogP contribution in [0.3, 0.4) is 0 Å². The Bertz CT molecular complexity index is 947. The van der Waals surface area contributed by atoms with Gasteiger partial charge in [0.1, 0.15) is 6.26 Å². The van der Waals surface area contributed by atoms with Crippen molar-refractivity contribution in [3.8, 4) is 11.5 Å². The lowest BCUT2D eigenvalue weighted by atomic mass is 10.1. The molecule has 1 heterocycles. The molecule has 0 spiro atoms. The average molecular weight is 550 g/mol. The summed E-state index contributed by atoms with van der Waals surface area (Å²) in [4.78, 5) is 8.81. The van der Waals surface area contributed by atoms with E-state index in [1.807, 2.05) is 43.3 Å². The van der Waals surface area contributed by atoms with Crippen LogP contribution in [0.5, 0.6) is 0 Å². The molecule has 0 unspecified atom stereocenters. The highest BCUT2D eigenvalue weighted by Crippen LogP contribution is 2.17. The zero-order chi connectivity index (χ0) is 21.7. The van der Waals surface area contributed by atoms with Crippen LogP contribution in [0.25, 0.3) is 11.5 Å². The smallest absolute Gasteiger partial charge is 0.226 e. The van der Waals surface area contributed by atoms with Gasteiger partial charge >= 0.3 is 0 Å². The van der Waals surface area contributed by atoms with Crippen LogP contribution in [0.2, 0.25) is 0 Å². The van der Waals surface area contributed by atoms with Crippen LogP contribution >= 0.6 is 24.0 Å². The van der Waals surface area contributed by atoms with Gasteiger partial charge in [-0.3, -0.25) is 4.99 Å². The average Bonchev–Trinajstić information content (AvgIpc) is 3.29. The summed E-state index contributed by atoms with van der Waals surface area (Å²) in [5.74, 6) is 1.31. The maximum atomic E-state index is 5.65. The Morgan fingerprint density at radius 3 is 2.50 bits per heavy atom. The van der Waals surface area contributed by atoms with Crippen molar-refractivity contribution < 1.29 is 13.9 Å². The third kappa shape index (κ3) is 8.60. The van der Waals surface area contributed by atoms with Crippen molar-refractivity contribution in [1.82, 2.24) is 15.6 Å². The van der Waals surface area contributed by atoms with Gasteiger partial charge in [0, 0.05) is 25.8 Å². The molecular weight excluding hydrogens is 519 g/mol. The molecule has 0 aliphatic heterocycles. The molecule has 0 atom stereocenters. The molecule has 0 aliphatic rings. The van der Waals surface area contributed by atoms with Gasteiger partial charge in [-0.1, -0.05) is 42.5 Å². The number of hydrogen-bond acceptors (Lipinski definition) is 5. The number of oxazole rings is 1. The van der Waals surface area contributed by atoms with Gasteiger partial charge < -0.3 is 24.5 Å². The summed E-state index contributed by atoms with van der Waals surface area (Å²) in [5.41, 5.74) is 4.06. The minimum Gasteiger partial charge on any atom is -0.444 e. The van der Waals surface area contributed by atoms with Crippen molar-refractivity contribution in [2.24, 2.45) is 4.99 Å². The first-order valence-corrected chi connectivity index (χ1v) is 10.5. The van der Waals surface area contributed by atoms with Gasteiger partial charge in [0.15, 0.2) is 5.96 Å². The molecule has 7 nitrogen and oxygen atoms in total. The van der Waals surface area contributed by atoms with Crippen molar-refractivity contribution in [1.29, 1.82) is 0 Å². The van der Waals surface area contributed by atoms with E-state index in [9.17, 15) is 0 Å². The SMILES string of the molecule is CCOCCOCc1cccc(CNC(=NC)NCc2coc(-c3ccccc3)n2)c1.I. The van der Waals surface area contributed by atoms with E-state index < -0.39 is 0 Å². The second-order valence-electron chi connectivity index (χ2n) is 6.86. The topological polar surface area (TPSA) is 80.9 Å². The first-order valence-electron chi connectivity index (χ1n) is 10.5. The summed E-state index contributed by atoms with van der Waals surface area (Å²) in [6.07, 6.45) is 1.66. The largest absolute Gasteiger partial charge is 0.444 e. The molecule has 172 valence electrons. The Labute approximate surface area is 206 Å². The number of guanidine groups is 1. The summed E-state index contributed by atoms with van der Waals surface area (Å²) in [6.45, 7) is 5.66. The Hall–Kier alpha value is -2.43. The van der Waals surface area contributed by atoms with Gasteiger partial charge in [0.25, 0.3) is 0 Å². The number of rotatable bonds is 11. The molecule has 0 aliphatic carbocycles. The molecular formula is C24H31IN4O3. The number of aromatic nitrogens is 1. The summed E-state index contributed by atoms with van der Waals surface area (Å²) in [5, 5.41) is 6.59. The molecule has 0 fully saturated rings. The molecule has 0 saturated heterocycles. The monoisotopic (exact) mass is 550 g/mol. The van der Waals surface area contributed by atoms with E-state index in [-0.39, 0.29) is 24.0 Å². The Kier molecular flexibility index (Phi) is 11.8. The molecule has 3 rings (SSSR count). The van der Waals surface area contributed by atoms with Crippen LogP contribution in [0.15, 0.2) is 70.3 Å². The molecule has 0 amide bonds. The minimum atomic E-state index is 0. The van der Waals surface area contributed by atoms with E-state index in [0.29, 0.717) is 51.4 Å². The highest BCUT2D eigenvalue weighted by molar-refractivity contribution is 14.0. The van der Waals surface area contributed by atoms with E-state index in [4.69, 9.17) is 13.9 Å². The maximum absolute atomic E-state index is 5.65. The molecule has 2 aromatic carbocycles. The van der Waals surface area contributed by atoms with Crippen molar-refractivity contribution in [3.05, 3.63) is 77.7 Å². The van der Waals surface area contributed by atoms with Gasteiger partial charge in [0.2, 0.25) is 5.89 Å². The van der Waals surface area contributed by atoms with Crippen LogP contribution in [0, 0.1) is 0 Å². The third-order valence-electron chi connectivity index (χ3n) is 4.53. The highest BCUT2D eigenvalue weighted by atomic mass is 127. The van der Waals surface area contributed by atoms with Gasteiger partial charge in [-0.15, -0.1) is 24.0 Å². The number of halogens is 1. The molecule has 1 aromatic heterocycles. The fraction of sp³-hybridized carbons (Fsp3) is 0.333. The summed E-state index contributed by atoms with van der Waals surface area (Å²) < 4.78 is 16.5. The van der Waals surface area contributed by atoms with Crippen LogP contribution in [-0.4, -0.2) is 37.8 Å². The molecule has 3 aromatic rings. The van der Waals surface area contributed by atoms with Crippen LogP contribution in [-0.2, 0) is 29.2 Å². The quantitative estimate of drug-likeness (QED) is 0.160. The van der Waals surface area contributed by atoms with Gasteiger partial charge in [-0.2, -0.15) is 0 Å².